The molecule has 4 nitrogen and oxygen atoms in total. The third-order valence-electron chi connectivity index (χ3n) is 15.6. The lowest BCUT2D eigenvalue weighted by Crippen LogP contribution is -2.61. The monoisotopic (exact) mass is 964 g/mol. The fraction of sp³-hybridized carbons (Fsp3) is 0.368. The van der Waals surface area contributed by atoms with Crippen LogP contribution in [0.25, 0.3) is 33.7 Å². The Morgan fingerprint density at radius 2 is 0.767 bits per heavy atom. The van der Waals surface area contributed by atoms with Crippen molar-refractivity contribution in [3.63, 3.8) is 0 Å². The summed E-state index contributed by atoms with van der Waals surface area (Å²) in [6, 6.07) is 49.1. The van der Waals surface area contributed by atoms with Crippen molar-refractivity contribution in [2.24, 2.45) is 0 Å². The Kier molecular flexibility index (Phi) is 11.6. The highest BCUT2D eigenvalue weighted by molar-refractivity contribution is 7.00. The Labute approximate surface area is 438 Å². The number of anilines is 6. The average molecular weight is 964 g/mol. The van der Waals surface area contributed by atoms with E-state index >= 15 is 0 Å². The van der Waals surface area contributed by atoms with Crippen LogP contribution in [0.15, 0.2) is 132 Å². The van der Waals surface area contributed by atoms with Gasteiger partial charge in [0.1, 0.15) is 5.52 Å². The zero-order valence-electron chi connectivity index (χ0n) is 47.5. The van der Waals surface area contributed by atoms with Gasteiger partial charge in [0.05, 0.1) is 0 Å². The molecule has 73 heavy (non-hydrogen) atoms. The van der Waals surface area contributed by atoms with Gasteiger partial charge in [-0.3, -0.25) is 0 Å². The van der Waals surface area contributed by atoms with E-state index in [1.165, 1.54) is 89.2 Å². The minimum Gasteiger partial charge on any atom is -0.436 e. The standard InChI is InChI=1S/C68H78BN3O/c1-41-30-58-61-59(31-41)72(52-36-49(67(14,15)16)33-50(37-52)68(17,18)19)57-40-55-60(73-62(70-55)44-22-20-42(21-23-44)43-24-26-45(27-25-43)63(2,3)4)39-54(57)69(61)53-38-46(64(5,6)7)28-29-56(53)71(58)51-34-47(65(8,9)10)32-48(35-51)66(11,12)13/h20-40H,1-19H3. The number of hydrogen-bond acceptors (Lipinski definition) is 4. The van der Waals surface area contributed by atoms with E-state index in [2.05, 4.69) is 269 Å². The van der Waals surface area contributed by atoms with Gasteiger partial charge in [-0.25, -0.2) is 4.98 Å². The number of aromatic nitrogens is 1. The number of aryl methyl sites for hydroxylation is 1. The molecule has 0 saturated heterocycles. The van der Waals surface area contributed by atoms with Gasteiger partial charge < -0.3 is 14.2 Å². The molecule has 2 aliphatic rings. The third-order valence-corrected chi connectivity index (χ3v) is 15.6. The molecule has 0 atom stereocenters. The first-order valence-electron chi connectivity index (χ1n) is 26.7. The minimum absolute atomic E-state index is 0.0560. The fourth-order valence-electron chi connectivity index (χ4n) is 10.9. The molecule has 0 radical (unpaired) electrons. The van der Waals surface area contributed by atoms with Crippen LogP contribution in [0.1, 0.15) is 164 Å². The molecule has 5 heteroatoms. The molecule has 10 rings (SSSR count). The quantitative estimate of drug-likeness (QED) is 0.165. The zero-order valence-corrected chi connectivity index (χ0v) is 47.5. The lowest BCUT2D eigenvalue weighted by molar-refractivity contribution is 0.568. The maximum absolute atomic E-state index is 6.94. The van der Waals surface area contributed by atoms with Crippen molar-refractivity contribution < 1.29 is 4.42 Å². The van der Waals surface area contributed by atoms with Crippen molar-refractivity contribution in [3.8, 4) is 22.6 Å². The first kappa shape index (κ1) is 50.2. The summed E-state index contributed by atoms with van der Waals surface area (Å²) in [5.74, 6) is 0.621. The summed E-state index contributed by atoms with van der Waals surface area (Å²) in [6.45, 7) is 44.0. The molecule has 7 aromatic carbocycles. The van der Waals surface area contributed by atoms with Gasteiger partial charge in [0.2, 0.25) is 5.89 Å². The van der Waals surface area contributed by atoms with Crippen LogP contribution in [-0.2, 0) is 32.5 Å². The second-order valence-corrected chi connectivity index (χ2v) is 27.7. The molecule has 0 aliphatic carbocycles. The first-order chi connectivity index (χ1) is 33.8. The van der Waals surface area contributed by atoms with Crippen molar-refractivity contribution in [2.45, 2.75) is 164 Å². The SMILES string of the molecule is Cc1cc2c3c(c1)N(c1cc(C(C)(C)C)cc(C(C)(C)C)c1)c1cc4nc(-c5ccc(-c6ccc(C(C)(C)C)cc6)cc5)oc4cc1B3c1cc(C(C)(C)C)ccc1N2c1cc(C(C)(C)C)cc(C(C)(C)C)c1. The zero-order chi connectivity index (χ0) is 52.7. The van der Waals surface area contributed by atoms with Crippen LogP contribution in [0.2, 0.25) is 0 Å². The molecule has 0 saturated carbocycles. The van der Waals surface area contributed by atoms with Crippen molar-refractivity contribution >= 4 is 68.3 Å². The highest BCUT2D eigenvalue weighted by atomic mass is 16.3. The average Bonchev–Trinajstić information content (AvgIpc) is 3.72. The van der Waals surface area contributed by atoms with Crippen molar-refractivity contribution in [2.75, 3.05) is 9.80 Å². The van der Waals surface area contributed by atoms with E-state index in [9.17, 15) is 0 Å². The highest BCUT2D eigenvalue weighted by Gasteiger charge is 2.45. The number of nitrogens with zero attached hydrogens (tertiary/aromatic N) is 3. The topological polar surface area (TPSA) is 32.5 Å². The van der Waals surface area contributed by atoms with E-state index in [0.29, 0.717) is 5.89 Å². The van der Waals surface area contributed by atoms with Gasteiger partial charge in [-0.05, 0) is 173 Å². The van der Waals surface area contributed by atoms with Crippen molar-refractivity contribution in [1.29, 1.82) is 0 Å². The van der Waals surface area contributed by atoms with E-state index in [4.69, 9.17) is 9.40 Å². The molecule has 0 N–H and O–H groups in total. The van der Waals surface area contributed by atoms with E-state index in [1.807, 2.05) is 0 Å². The molecule has 0 bridgehead atoms. The van der Waals surface area contributed by atoms with Gasteiger partial charge in [0, 0.05) is 39.7 Å². The van der Waals surface area contributed by atoms with Gasteiger partial charge >= 0.3 is 0 Å². The fourth-order valence-corrected chi connectivity index (χ4v) is 10.9. The highest BCUT2D eigenvalue weighted by Crippen LogP contribution is 2.48. The van der Waals surface area contributed by atoms with Crippen LogP contribution < -0.4 is 26.2 Å². The molecular weight excluding hydrogens is 886 g/mol. The molecule has 0 fully saturated rings. The summed E-state index contributed by atoms with van der Waals surface area (Å²) in [5.41, 5.74) is 24.8. The second kappa shape index (κ2) is 16.9. The smallest absolute Gasteiger partial charge is 0.252 e. The number of fused-ring (bicyclic) bond motifs is 5. The van der Waals surface area contributed by atoms with Gasteiger partial charge in [-0.2, -0.15) is 0 Å². The largest absolute Gasteiger partial charge is 0.436 e. The van der Waals surface area contributed by atoms with Gasteiger partial charge in [0.15, 0.2) is 5.58 Å². The lowest BCUT2D eigenvalue weighted by atomic mass is 9.33. The van der Waals surface area contributed by atoms with Gasteiger partial charge in [-0.1, -0.05) is 185 Å². The molecular formula is C68H78BN3O. The summed E-state index contributed by atoms with van der Waals surface area (Å²) in [7, 11) is 0. The molecule has 2 aliphatic heterocycles. The van der Waals surface area contributed by atoms with Crippen LogP contribution in [0.4, 0.5) is 34.1 Å². The molecule has 8 aromatic rings. The molecule has 3 heterocycles. The summed E-state index contributed by atoms with van der Waals surface area (Å²) < 4.78 is 6.94. The van der Waals surface area contributed by atoms with E-state index in [1.54, 1.807) is 0 Å². The molecule has 0 unspecified atom stereocenters. The van der Waals surface area contributed by atoms with Crippen LogP contribution >= 0.6 is 0 Å². The van der Waals surface area contributed by atoms with Crippen LogP contribution in [0.5, 0.6) is 0 Å². The van der Waals surface area contributed by atoms with Crippen LogP contribution in [-0.4, -0.2) is 11.7 Å². The lowest BCUT2D eigenvalue weighted by Gasteiger charge is -2.45. The van der Waals surface area contributed by atoms with Crippen molar-refractivity contribution in [3.05, 3.63) is 166 Å². The number of rotatable bonds is 4. The minimum atomic E-state index is -0.0897. The number of benzene rings is 7. The van der Waals surface area contributed by atoms with Crippen LogP contribution in [0, 0.1) is 6.92 Å². The predicted octanol–water partition coefficient (Wildman–Crippen LogP) is 17.3. The predicted molar refractivity (Wildman–Crippen MR) is 316 cm³/mol. The maximum Gasteiger partial charge on any atom is 0.252 e. The summed E-state index contributed by atoms with van der Waals surface area (Å²) in [4.78, 5) is 10.5. The Morgan fingerprint density at radius 1 is 0.370 bits per heavy atom. The Morgan fingerprint density at radius 3 is 1.22 bits per heavy atom. The number of oxazole rings is 1. The first-order valence-corrected chi connectivity index (χ1v) is 26.7. The summed E-state index contributed by atoms with van der Waals surface area (Å²) in [6.07, 6.45) is 0. The Balaban J connectivity index is 1.25. The Bertz CT molecular complexity index is 3390. The van der Waals surface area contributed by atoms with Crippen molar-refractivity contribution in [1.82, 2.24) is 4.98 Å². The third kappa shape index (κ3) is 9.14. The summed E-state index contributed by atoms with van der Waals surface area (Å²) in [5, 5.41) is 0. The number of hydrogen-bond donors (Lipinski definition) is 0. The molecule has 1 aromatic heterocycles. The van der Waals surface area contributed by atoms with Gasteiger partial charge in [0.25, 0.3) is 6.71 Å². The maximum atomic E-state index is 6.94. The Hall–Kier alpha value is -6.33. The molecule has 0 spiro atoms. The molecule has 0 amide bonds. The van der Waals surface area contributed by atoms with E-state index in [0.717, 1.165) is 28.0 Å². The summed E-state index contributed by atoms with van der Waals surface area (Å²) >= 11 is 0. The second-order valence-electron chi connectivity index (χ2n) is 27.7. The van der Waals surface area contributed by atoms with Crippen LogP contribution in [0.3, 0.4) is 0 Å². The normalized spacial score (nSPS) is 14.2. The van der Waals surface area contributed by atoms with E-state index < -0.39 is 0 Å². The van der Waals surface area contributed by atoms with Gasteiger partial charge in [-0.15, -0.1) is 0 Å². The molecule has 374 valence electrons. The van der Waals surface area contributed by atoms with E-state index in [-0.39, 0.29) is 39.2 Å².